The predicted octanol–water partition coefficient (Wildman–Crippen LogP) is 5.82. The van der Waals surface area contributed by atoms with E-state index >= 15 is 0 Å². The Morgan fingerprint density at radius 3 is 2.43 bits per heavy atom. The van der Waals surface area contributed by atoms with Crippen molar-refractivity contribution in [2.24, 2.45) is 0 Å². The fourth-order valence-corrected chi connectivity index (χ4v) is 2.95. The third-order valence-corrected chi connectivity index (χ3v) is 4.14. The van der Waals surface area contributed by atoms with Crippen molar-refractivity contribution in [2.75, 3.05) is 6.61 Å². The SMILES string of the molecule is C=C/C=C(\C=C)C1=C(c2ccc([N+](=O)[O-])cc2)c2ccc(O)cc2OC1.CC. The van der Waals surface area contributed by atoms with Crippen LogP contribution in [0.25, 0.3) is 5.57 Å². The van der Waals surface area contributed by atoms with E-state index in [1.807, 2.05) is 19.9 Å². The average molecular weight is 377 g/mol. The van der Waals surface area contributed by atoms with Crippen molar-refractivity contribution in [3.05, 3.63) is 106 Å². The van der Waals surface area contributed by atoms with Gasteiger partial charge >= 0.3 is 0 Å². The van der Waals surface area contributed by atoms with Gasteiger partial charge in [0, 0.05) is 29.3 Å². The third kappa shape index (κ3) is 4.20. The summed E-state index contributed by atoms with van der Waals surface area (Å²) in [6.45, 7) is 11.9. The van der Waals surface area contributed by atoms with Crippen molar-refractivity contribution < 1.29 is 14.8 Å². The van der Waals surface area contributed by atoms with Gasteiger partial charge in [-0.1, -0.05) is 45.2 Å². The Balaban J connectivity index is 0.00000136. The number of fused-ring (bicyclic) bond motifs is 1. The minimum atomic E-state index is -0.429. The lowest BCUT2D eigenvalue weighted by Crippen LogP contribution is -2.13. The van der Waals surface area contributed by atoms with Crippen LogP contribution in [0.3, 0.4) is 0 Å². The first-order valence-corrected chi connectivity index (χ1v) is 8.95. The molecule has 0 atom stereocenters. The minimum absolute atomic E-state index is 0.0273. The first-order chi connectivity index (χ1) is 13.5. The molecular weight excluding hydrogens is 354 g/mol. The largest absolute Gasteiger partial charge is 0.508 e. The molecule has 0 fully saturated rings. The maximum atomic E-state index is 10.9. The van der Waals surface area contributed by atoms with E-state index in [1.165, 1.54) is 12.1 Å². The molecule has 0 aromatic heterocycles. The zero-order chi connectivity index (χ0) is 20.7. The van der Waals surface area contributed by atoms with Crippen LogP contribution in [0, 0.1) is 10.1 Å². The molecule has 3 rings (SSSR count). The number of aromatic hydroxyl groups is 1. The number of nitro groups is 1. The lowest BCUT2D eigenvalue weighted by Gasteiger charge is -2.25. The van der Waals surface area contributed by atoms with Gasteiger partial charge in [0.15, 0.2) is 0 Å². The lowest BCUT2D eigenvalue weighted by molar-refractivity contribution is -0.384. The smallest absolute Gasteiger partial charge is 0.269 e. The summed E-state index contributed by atoms with van der Waals surface area (Å²) in [6, 6.07) is 11.3. The number of phenols is 1. The van der Waals surface area contributed by atoms with Crippen LogP contribution in [-0.2, 0) is 0 Å². The summed E-state index contributed by atoms with van der Waals surface area (Å²) < 4.78 is 5.81. The summed E-state index contributed by atoms with van der Waals surface area (Å²) in [7, 11) is 0. The highest BCUT2D eigenvalue weighted by Gasteiger charge is 2.23. The zero-order valence-electron chi connectivity index (χ0n) is 16.0. The fraction of sp³-hybridized carbons (Fsp3) is 0.130. The number of hydrogen-bond donors (Lipinski definition) is 1. The van der Waals surface area contributed by atoms with Crippen molar-refractivity contribution in [3.8, 4) is 11.5 Å². The summed E-state index contributed by atoms with van der Waals surface area (Å²) in [5.74, 6) is 0.671. The van der Waals surface area contributed by atoms with Crippen LogP contribution in [-0.4, -0.2) is 16.6 Å². The second-order valence-corrected chi connectivity index (χ2v) is 5.69. The van der Waals surface area contributed by atoms with E-state index in [0.29, 0.717) is 5.75 Å². The second kappa shape index (κ2) is 9.37. The van der Waals surface area contributed by atoms with Crippen molar-refractivity contribution in [2.45, 2.75) is 13.8 Å². The van der Waals surface area contributed by atoms with Gasteiger partial charge in [-0.15, -0.1) is 0 Å². The molecule has 2 aromatic carbocycles. The molecule has 1 heterocycles. The number of non-ortho nitro benzene ring substituents is 1. The van der Waals surface area contributed by atoms with Gasteiger partial charge < -0.3 is 9.84 Å². The van der Waals surface area contributed by atoms with Crippen molar-refractivity contribution in [1.29, 1.82) is 0 Å². The second-order valence-electron chi connectivity index (χ2n) is 5.69. The maximum absolute atomic E-state index is 10.9. The highest BCUT2D eigenvalue weighted by molar-refractivity contribution is 5.89. The molecule has 0 aliphatic carbocycles. The van der Waals surface area contributed by atoms with E-state index in [2.05, 4.69) is 13.2 Å². The van der Waals surface area contributed by atoms with E-state index in [4.69, 9.17) is 4.74 Å². The molecule has 0 unspecified atom stereocenters. The van der Waals surface area contributed by atoms with E-state index < -0.39 is 4.92 Å². The molecule has 0 bridgehead atoms. The van der Waals surface area contributed by atoms with E-state index in [9.17, 15) is 15.2 Å². The van der Waals surface area contributed by atoms with Gasteiger partial charge in [-0.25, -0.2) is 0 Å². The highest BCUT2D eigenvalue weighted by Crippen LogP contribution is 2.41. The fourth-order valence-electron chi connectivity index (χ4n) is 2.95. The molecule has 0 spiro atoms. The molecule has 5 heteroatoms. The van der Waals surface area contributed by atoms with Gasteiger partial charge in [0.1, 0.15) is 18.1 Å². The normalized spacial score (nSPS) is 12.9. The molecule has 144 valence electrons. The molecule has 0 saturated heterocycles. The quantitative estimate of drug-likeness (QED) is 0.405. The molecule has 0 saturated carbocycles. The number of rotatable bonds is 5. The molecule has 2 aromatic rings. The molecule has 28 heavy (non-hydrogen) atoms. The van der Waals surface area contributed by atoms with Crippen molar-refractivity contribution in [1.82, 2.24) is 0 Å². The van der Waals surface area contributed by atoms with Crippen molar-refractivity contribution >= 4 is 11.3 Å². The topological polar surface area (TPSA) is 72.6 Å². The number of benzene rings is 2. The van der Waals surface area contributed by atoms with E-state index in [-0.39, 0.29) is 18.0 Å². The van der Waals surface area contributed by atoms with Crippen LogP contribution in [0.5, 0.6) is 11.5 Å². The number of phenolic OH excluding ortho intramolecular Hbond substituents is 1. The highest BCUT2D eigenvalue weighted by atomic mass is 16.6. The van der Waals surface area contributed by atoms with Crippen LogP contribution in [0.2, 0.25) is 0 Å². The molecule has 1 N–H and O–H groups in total. The third-order valence-electron chi connectivity index (χ3n) is 4.14. The standard InChI is InChI=1S/C21H17NO4.C2H6/c1-3-5-14(4-2)19-13-26-20-12-17(23)10-11-18(20)21(19)15-6-8-16(9-7-15)22(24)25;1-2/h3-12,23H,1-2,13H2;1-2H3/b14-5+;. The lowest BCUT2D eigenvalue weighted by atomic mass is 9.87. The van der Waals surface area contributed by atoms with Gasteiger partial charge in [0.25, 0.3) is 5.69 Å². The number of ether oxygens (including phenoxy) is 1. The summed E-state index contributed by atoms with van der Waals surface area (Å²) >= 11 is 0. The Morgan fingerprint density at radius 1 is 1.18 bits per heavy atom. The number of allylic oxidation sites excluding steroid dienone is 3. The molecule has 5 nitrogen and oxygen atoms in total. The predicted molar refractivity (Wildman–Crippen MR) is 113 cm³/mol. The average Bonchev–Trinajstić information content (AvgIpc) is 2.72. The first-order valence-electron chi connectivity index (χ1n) is 8.95. The van der Waals surface area contributed by atoms with Gasteiger partial charge in [0.05, 0.1) is 4.92 Å². The summed E-state index contributed by atoms with van der Waals surface area (Å²) in [6.07, 6.45) is 5.23. The number of hydrogen-bond acceptors (Lipinski definition) is 4. The van der Waals surface area contributed by atoms with Crippen LogP contribution in [0.1, 0.15) is 25.0 Å². The Bertz CT molecular complexity index is 953. The summed E-state index contributed by atoms with van der Waals surface area (Å²) in [5.41, 5.74) is 4.28. The monoisotopic (exact) mass is 377 g/mol. The minimum Gasteiger partial charge on any atom is -0.508 e. The Labute approximate surface area is 164 Å². The van der Waals surface area contributed by atoms with E-state index in [0.717, 1.165) is 27.8 Å². The van der Waals surface area contributed by atoms with Crippen LogP contribution in [0.15, 0.2) is 85.0 Å². The van der Waals surface area contributed by atoms with Crippen LogP contribution >= 0.6 is 0 Å². The Hall–Kier alpha value is -3.60. The first kappa shape index (κ1) is 20.7. The van der Waals surface area contributed by atoms with Crippen LogP contribution < -0.4 is 4.74 Å². The molecule has 1 aliphatic rings. The Kier molecular flexibility index (Phi) is 6.93. The molecule has 0 radical (unpaired) electrons. The maximum Gasteiger partial charge on any atom is 0.269 e. The Morgan fingerprint density at radius 2 is 1.86 bits per heavy atom. The molecule has 0 amide bonds. The molecular formula is C23H23NO4. The summed E-state index contributed by atoms with van der Waals surface area (Å²) in [4.78, 5) is 10.5. The van der Waals surface area contributed by atoms with Crippen molar-refractivity contribution in [3.63, 3.8) is 0 Å². The zero-order valence-corrected chi connectivity index (χ0v) is 16.0. The van der Waals surface area contributed by atoms with E-state index in [1.54, 1.807) is 42.5 Å². The van der Waals surface area contributed by atoms with Gasteiger partial charge in [0.2, 0.25) is 0 Å². The van der Waals surface area contributed by atoms with Gasteiger partial charge in [-0.2, -0.15) is 0 Å². The molecule has 1 aliphatic heterocycles. The number of nitrogens with zero attached hydrogens (tertiary/aromatic N) is 1. The van der Waals surface area contributed by atoms with Gasteiger partial charge in [-0.3, -0.25) is 10.1 Å². The summed E-state index contributed by atoms with van der Waals surface area (Å²) in [5, 5.41) is 20.7. The number of nitro benzene ring substituents is 1. The van der Waals surface area contributed by atoms with Gasteiger partial charge in [-0.05, 0) is 41.0 Å². The van der Waals surface area contributed by atoms with Crippen LogP contribution in [0.4, 0.5) is 5.69 Å².